The summed E-state index contributed by atoms with van der Waals surface area (Å²) in [5.41, 5.74) is 8.67. The van der Waals surface area contributed by atoms with Gasteiger partial charge in [-0.15, -0.1) is 0 Å². The molecular weight excluding hydrogens is 490 g/mol. The molecule has 0 unspecified atom stereocenters. The van der Waals surface area contributed by atoms with Gasteiger partial charge in [-0.3, -0.25) is 9.69 Å². The number of anilines is 1. The van der Waals surface area contributed by atoms with E-state index >= 15 is 0 Å². The summed E-state index contributed by atoms with van der Waals surface area (Å²) in [5, 5.41) is 5.29. The number of allylic oxidation sites excluding steroid dienone is 1. The van der Waals surface area contributed by atoms with Crippen LogP contribution in [-0.2, 0) is 11.3 Å². The van der Waals surface area contributed by atoms with E-state index in [2.05, 4.69) is 20.0 Å². The fraction of sp³-hybridized carbons (Fsp3) is 0.440. The third-order valence-electron chi connectivity index (χ3n) is 6.32. The van der Waals surface area contributed by atoms with Crippen LogP contribution in [0, 0.1) is 12.7 Å². The van der Waals surface area contributed by atoms with Crippen LogP contribution in [0.15, 0.2) is 36.7 Å². The highest BCUT2D eigenvalue weighted by Gasteiger charge is 2.25. The van der Waals surface area contributed by atoms with E-state index in [1.165, 1.54) is 23.4 Å². The number of aromatic nitrogens is 4. The van der Waals surface area contributed by atoms with Crippen molar-refractivity contribution >= 4 is 22.8 Å². The van der Waals surface area contributed by atoms with Crippen molar-refractivity contribution in [2.24, 2.45) is 0 Å². The first kappa shape index (κ1) is 26.5. The average molecular weight is 520 g/mol. The summed E-state index contributed by atoms with van der Waals surface area (Å²) in [5.74, 6) is -0.670. The summed E-state index contributed by atoms with van der Waals surface area (Å²) in [6, 6.07) is 4.72. The predicted octanol–water partition coefficient (Wildman–Crippen LogP) is 3.96. The van der Waals surface area contributed by atoms with E-state index in [0.29, 0.717) is 66.9 Å². The van der Waals surface area contributed by atoms with Gasteiger partial charge in [0.25, 0.3) is 0 Å². The molecule has 4 rings (SSSR count). The fourth-order valence-corrected chi connectivity index (χ4v) is 4.50. The van der Waals surface area contributed by atoms with Gasteiger partial charge in [-0.2, -0.15) is 18.3 Å². The van der Waals surface area contributed by atoms with Gasteiger partial charge in [0.15, 0.2) is 5.65 Å². The Hall–Kier alpha value is -3.54. The number of fused-ring (bicyclic) bond motifs is 1. The standard InChI is InChI=1S/C25H29F4N7O/c1-17-13-18(15-19(26)14-17)22-21-23(30)31-16-32-24(21)36(33-22)8-4-2-3-7-34-9-11-35(12-10-34)20(37)5-6-25(27,28)29/h5-6,13-16H,2-4,7-12H2,1H3,(H2,30,31,32)/b6-5+. The number of piperazine rings is 1. The smallest absolute Gasteiger partial charge is 0.383 e. The second-order valence-electron chi connectivity index (χ2n) is 9.15. The average Bonchev–Trinajstić information content (AvgIpc) is 3.22. The number of nitrogens with two attached hydrogens (primary N) is 1. The molecule has 0 saturated carbocycles. The Morgan fingerprint density at radius 1 is 1.05 bits per heavy atom. The maximum absolute atomic E-state index is 14.0. The van der Waals surface area contributed by atoms with Gasteiger partial charge in [-0.25, -0.2) is 19.0 Å². The number of alkyl halides is 3. The quantitative estimate of drug-likeness (QED) is 0.275. The maximum atomic E-state index is 14.0. The van der Waals surface area contributed by atoms with E-state index in [9.17, 15) is 22.4 Å². The zero-order valence-electron chi connectivity index (χ0n) is 20.5. The summed E-state index contributed by atoms with van der Waals surface area (Å²) in [4.78, 5) is 24.0. The molecule has 1 saturated heterocycles. The van der Waals surface area contributed by atoms with Gasteiger partial charge in [-0.05, 0) is 50.1 Å². The van der Waals surface area contributed by atoms with E-state index < -0.39 is 12.1 Å². The molecule has 2 N–H and O–H groups in total. The Bertz CT molecular complexity index is 1260. The molecule has 0 bridgehead atoms. The number of aryl methyl sites for hydroxylation is 2. The summed E-state index contributed by atoms with van der Waals surface area (Å²) < 4.78 is 52.6. The predicted molar refractivity (Wildman–Crippen MR) is 132 cm³/mol. The SMILES string of the molecule is Cc1cc(F)cc(-c2nn(CCCCCN3CCN(C(=O)/C=C/C(F)(F)F)CC3)c3ncnc(N)c23)c1. The highest BCUT2D eigenvalue weighted by Crippen LogP contribution is 2.31. The lowest BCUT2D eigenvalue weighted by molar-refractivity contribution is -0.128. The minimum absolute atomic E-state index is 0.0208. The zero-order chi connectivity index (χ0) is 26.6. The van der Waals surface area contributed by atoms with Crippen molar-refractivity contribution in [3.8, 4) is 11.3 Å². The van der Waals surface area contributed by atoms with E-state index in [1.54, 1.807) is 4.68 Å². The van der Waals surface area contributed by atoms with Crippen LogP contribution in [0.2, 0.25) is 0 Å². The molecule has 1 aliphatic heterocycles. The molecule has 8 nitrogen and oxygen atoms in total. The van der Waals surface area contributed by atoms with E-state index in [4.69, 9.17) is 5.73 Å². The largest absolute Gasteiger partial charge is 0.409 e. The van der Waals surface area contributed by atoms with Gasteiger partial charge >= 0.3 is 6.18 Å². The molecular formula is C25H29F4N7O. The van der Waals surface area contributed by atoms with Crippen LogP contribution >= 0.6 is 0 Å². The van der Waals surface area contributed by atoms with Crippen LogP contribution in [0.1, 0.15) is 24.8 Å². The van der Waals surface area contributed by atoms with Gasteiger partial charge in [0.05, 0.1) is 5.39 Å². The number of amides is 1. The Morgan fingerprint density at radius 2 is 1.78 bits per heavy atom. The Kier molecular flexibility index (Phi) is 8.06. The topological polar surface area (TPSA) is 93.2 Å². The first-order valence-electron chi connectivity index (χ1n) is 12.1. The molecule has 1 fully saturated rings. The fourth-order valence-electron chi connectivity index (χ4n) is 4.50. The lowest BCUT2D eigenvalue weighted by Gasteiger charge is -2.34. The Labute approximate surface area is 211 Å². The monoisotopic (exact) mass is 519 g/mol. The van der Waals surface area contributed by atoms with Crippen LogP contribution in [0.4, 0.5) is 23.4 Å². The number of unbranched alkanes of at least 4 members (excludes halogenated alkanes) is 2. The van der Waals surface area contributed by atoms with Crippen LogP contribution in [0.3, 0.4) is 0 Å². The summed E-state index contributed by atoms with van der Waals surface area (Å²) in [6.07, 6.45) is 0.154. The number of rotatable bonds is 8. The number of hydrogen-bond donors (Lipinski definition) is 1. The molecule has 37 heavy (non-hydrogen) atoms. The number of nitrogen functional groups attached to an aromatic ring is 1. The van der Waals surface area contributed by atoms with Crippen LogP contribution in [-0.4, -0.2) is 74.4 Å². The normalized spacial score (nSPS) is 15.2. The van der Waals surface area contributed by atoms with Gasteiger partial charge < -0.3 is 10.6 Å². The van der Waals surface area contributed by atoms with Crippen LogP contribution in [0.25, 0.3) is 22.3 Å². The van der Waals surface area contributed by atoms with Gasteiger partial charge in [0.2, 0.25) is 5.91 Å². The Balaban J connectivity index is 1.29. The van der Waals surface area contributed by atoms with E-state index in [0.717, 1.165) is 31.4 Å². The van der Waals surface area contributed by atoms with Crippen molar-refractivity contribution in [1.82, 2.24) is 29.5 Å². The lowest BCUT2D eigenvalue weighted by Crippen LogP contribution is -2.48. The first-order valence-corrected chi connectivity index (χ1v) is 12.1. The van der Waals surface area contributed by atoms with Gasteiger partial charge in [0.1, 0.15) is 23.7 Å². The first-order chi connectivity index (χ1) is 17.6. The van der Waals surface area contributed by atoms with Crippen molar-refractivity contribution in [1.29, 1.82) is 0 Å². The molecule has 0 atom stereocenters. The second kappa shape index (κ2) is 11.2. The molecule has 1 aromatic carbocycles. The number of nitrogens with zero attached hydrogens (tertiary/aromatic N) is 6. The van der Waals surface area contributed by atoms with Crippen LogP contribution < -0.4 is 5.73 Å². The molecule has 198 valence electrons. The molecule has 12 heteroatoms. The number of carbonyl (C=O) groups excluding carboxylic acids is 1. The van der Waals surface area contributed by atoms with E-state index in [1.807, 2.05) is 13.0 Å². The van der Waals surface area contributed by atoms with Crippen molar-refractivity contribution in [2.75, 3.05) is 38.5 Å². The molecule has 0 aliphatic carbocycles. The summed E-state index contributed by atoms with van der Waals surface area (Å²) in [7, 11) is 0. The second-order valence-corrected chi connectivity index (χ2v) is 9.15. The van der Waals surface area contributed by atoms with Crippen molar-refractivity contribution in [3.05, 3.63) is 48.1 Å². The lowest BCUT2D eigenvalue weighted by atomic mass is 10.1. The zero-order valence-corrected chi connectivity index (χ0v) is 20.5. The van der Waals surface area contributed by atoms with Gasteiger partial charge in [-0.1, -0.05) is 6.42 Å². The van der Waals surface area contributed by atoms with Gasteiger partial charge in [0, 0.05) is 50.4 Å². The number of carbonyl (C=O) groups is 1. The van der Waals surface area contributed by atoms with Crippen molar-refractivity contribution in [3.63, 3.8) is 0 Å². The molecule has 1 amide bonds. The third-order valence-corrected chi connectivity index (χ3v) is 6.32. The molecule has 2 aromatic heterocycles. The molecule has 0 spiro atoms. The molecule has 1 aliphatic rings. The third kappa shape index (κ3) is 6.82. The number of benzene rings is 1. The highest BCUT2D eigenvalue weighted by molar-refractivity contribution is 5.98. The number of halogens is 4. The minimum Gasteiger partial charge on any atom is -0.383 e. The molecule has 3 heterocycles. The molecule has 0 radical (unpaired) electrons. The summed E-state index contributed by atoms with van der Waals surface area (Å²) >= 11 is 0. The minimum atomic E-state index is -4.49. The summed E-state index contributed by atoms with van der Waals surface area (Å²) in [6.45, 7) is 5.32. The molecule has 3 aromatic rings. The van der Waals surface area contributed by atoms with Crippen molar-refractivity contribution in [2.45, 2.75) is 38.9 Å². The maximum Gasteiger partial charge on any atom is 0.409 e. The Morgan fingerprint density at radius 3 is 2.49 bits per heavy atom. The van der Waals surface area contributed by atoms with Crippen LogP contribution in [0.5, 0.6) is 0 Å². The van der Waals surface area contributed by atoms with Crippen molar-refractivity contribution < 1.29 is 22.4 Å². The highest BCUT2D eigenvalue weighted by atomic mass is 19.4. The number of hydrogen-bond acceptors (Lipinski definition) is 6. The van der Waals surface area contributed by atoms with E-state index in [-0.39, 0.29) is 11.9 Å².